The second-order valence-corrected chi connectivity index (χ2v) is 6.72. The molecule has 0 saturated carbocycles. The molecule has 22 heavy (non-hydrogen) atoms. The van der Waals surface area contributed by atoms with Gasteiger partial charge in [-0.15, -0.1) is 0 Å². The van der Waals surface area contributed by atoms with Gasteiger partial charge in [-0.05, 0) is 24.3 Å². The molecule has 0 bridgehead atoms. The molecule has 0 spiro atoms. The van der Waals surface area contributed by atoms with Crippen molar-refractivity contribution < 1.29 is 23.1 Å². The molecule has 0 fully saturated rings. The van der Waals surface area contributed by atoms with Gasteiger partial charge in [-0.3, -0.25) is 9.59 Å². The van der Waals surface area contributed by atoms with Crippen molar-refractivity contribution in [1.82, 2.24) is 9.62 Å². The summed E-state index contributed by atoms with van der Waals surface area (Å²) in [7, 11) is -2.05. The lowest BCUT2D eigenvalue weighted by molar-refractivity contribution is -0.141. The average Bonchev–Trinajstić information content (AvgIpc) is 2.46. The zero-order valence-electron chi connectivity index (χ0n) is 12.7. The Morgan fingerprint density at radius 3 is 2.27 bits per heavy atom. The van der Waals surface area contributed by atoms with Crippen LogP contribution < -0.4 is 4.72 Å². The minimum Gasteiger partial charge on any atom is -0.481 e. The minimum absolute atomic E-state index is 0.0750. The lowest BCUT2D eigenvalue weighted by Crippen LogP contribution is -2.33. The Labute approximate surface area is 130 Å². The first-order valence-electron chi connectivity index (χ1n) is 6.77. The highest BCUT2D eigenvalue weighted by Gasteiger charge is 2.19. The topological polar surface area (TPSA) is 104 Å². The van der Waals surface area contributed by atoms with Gasteiger partial charge < -0.3 is 10.0 Å². The van der Waals surface area contributed by atoms with Crippen LogP contribution in [0.15, 0.2) is 29.2 Å². The van der Waals surface area contributed by atoms with Crippen molar-refractivity contribution in [3.05, 3.63) is 29.8 Å². The predicted molar refractivity (Wildman–Crippen MR) is 81.1 cm³/mol. The highest BCUT2D eigenvalue weighted by molar-refractivity contribution is 7.89. The SMILES string of the molecule is CCNS(=O)(=O)c1ccc(C(=O)N(C)CC(C)C(=O)O)cc1. The maximum absolute atomic E-state index is 12.2. The van der Waals surface area contributed by atoms with Gasteiger partial charge in [0.2, 0.25) is 10.0 Å². The summed E-state index contributed by atoms with van der Waals surface area (Å²) < 4.78 is 26.0. The van der Waals surface area contributed by atoms with Gasteiger partial charge in [0.15, 0.2) is 0 Å². The van der Waals surface area contributed by atoms with Crippen LogP contribution in [0.5, 0.6) is 0 Å². The predicted octanol–water partition coefficient (Wildman–Crippen LogP) is 0.777. The van der Waals surface area contributed by atoms with E-state index in [1.165, 1.54) is 43.1 Å². The van der Waals surface area contributed by atoms with Crippen LogP contribution in [-0.2, 0) is 14.8 Å². The molecule has 0 aliphatic rings. The smallest absolute Gasteiger partial charge is 0.308 e. The van der Waals surface area contributed by atoms with E-state index < -0.39 is 21.9 Å². The minimum atomic E-state index is -3.56. The molecule has 7 nitrogen and oxygen atoms in total. The molecular formula is C14H20N2O5S. The third kappa shape index (κ3) is 4.54. The zero-order chi connectivity index (χ0) is 16.9. The molecule has 0 saturated heterocycles. The number of benzene rings is 1. The number of carboxylic acid groups (broad SMARTS) is 1. The number of hydrogen-bond donors (Lipinski definition) is 2. The average molecular weight is 328 g/mol. The number of carbonyl (C=O) groups is 2. The van der Waals surface area contributed by atoms with Gasteiger partial charge in [-0.1, -0.05) is 13.8 Å². The number of aliphatic carboxylic acids is 1. The number of carboxylic acids is 1. The van der Waals surface area contributed by atoms with Crippen LogP contribution in [0.1, 0.15) is 24.2 Å². The first-order valence-corrected chi connectivity index (χ1v) is 8.25. The number of rotatable bonds is 7. The van der Waals surface area contributed by atoms with Crippen LogP contribution in [0.25, 0.3) is 0 Å². The Morgan fingerprint density at radius 1 is 1.27 bits per heavy atom. The number of carbonyl (C=O) groups excluding carboxylic acids is 1. The molecule has 8 heteroatoms. The largest absolute Gasteiger partial charge is 0.481 e. The lowest BCUT2D eigenvalue weighted by atomic mass is 10.1. The Kier molecular flexibility index (Phi) is 6.07. The van der Waals surface area contributed by atoms with Crippen LogP contribution in [0, 0.1) is 5.92 Å². The Morgan fingerprint density at radius 2 is 1.82 bits per heavy atom. The highest BCUT2D eigenvalue weighted by Crippen LogP contribution is 2.12. The molecule has 2 N–H and O–H groups in total. The molecule has 0 radical (unpaired) electrons. The van der Waals surface area contributed by atoms with E-state index in [1.54, 1.807) is 6.92 Å². The number of nitrogens with zero attached hydrogens (tertiary/aromatic N) is 1. The zero-order valence-corrected chi connectivity index (χ0v) is 13.6. The van der Waals surface area contributed by atoms with Crippen molar-refractivity contribution in [2.45, 2.75) is 18.7 Å². The van der Waals surface area contributed by atoms with E-state index in [1.807, 2.05) is 0 Å². The third-order valence-corrected chi connectivity index (χ3v) is 4.62. The fraction of sp³-hybridized carbons (Fsp3) is 0.429. The molecule has 0 aliphatic heterocycles. The van der Waals surface area contributed by atoms with E-state index in [0.29, 0.717) is 5.56 Å². The Balaban J connectivity index is 2.86. The van der Waals surface area contributed by atoms with E-state index in [2.05, 4.69) is 4.72 Å². The molecule has 0 aromatic heterocycles. The molecule has 122 valence electrons. The molecule has 1 aromatic carbocycles. The number of nitrogens with one attached hydrogen (secondary N) is 1. The maximum Gasteiger partial charge on any atom is 0.308 e. The Bertz CT molecular complexity index is 640. The highest BCUT2D eigenvalue weighted by atomic mass is 32.2. The third-order valence-electron chi connectivity index (χ3n) is 3.06. The van der Waals surface area contributed by atoms with Gasteiger partial charge in [0.25, 0.3) is 5.91 Å². The number of hydrogen-bond acceptors (Lipinski definition) is 4. The van der Waals surface area contributed by atoms with Gasteiger partial charge in [0.1, 0.15) is 0 Å². The summed E-state index contributed by atoms with van der Waals surface area (Å²) in [5.41, 5.74) is 0.301. The van der Waals surface area contributed by atoms with Gasteiger partial charge in [-0.2, -0.15) is 0 Å². The van der Waals surface area contributed by atoms with Gasteiger partial charge >= 0.3 is 5.97 Å². The summed E-state index contributed by atoms with van der Waals surface area (Å²) in [6.45, 7) is 3.54. The molecule has 0 aliphatic carbocycles. The van der Waals surface area contributed by atoms with E-state index in [9.17, 15) is 18.0 Å². The summed E-state index contributed by atoms with van der Waals surface area (Å²) in [5, 5.41) is 8.85. The van der Waals surface area contributed by atoms with Gasteiger partial charge in [-0.25, -0.2) is 13.1 Å². The first-order chi connectivity index (χ1) is 10.2. The van der Waals surface area contributed by atoms with Crippen LogP contribution in [-0.4, -0.2) is 50.4 Å². The summed E-state index contributed by atoms with van der Waals surface area (Å²) in [6, 6.07) is 5.52. The van der Waals surface area contributed by atoms with Crippen molar-refractivity contribution in [2.75, 3.05) is 20.1 Å². The molecular weight excluding hydrogens is 308 g/mol. The first kappa shape index (κ1) is 18.1. The van der Waals surface area contributed by atoms with Crippen molar-refractivity contribution in [3.8, 4) is 0 Å². The normalized spacial score (nSPS) is 12.7. The number of amides is 1. The van der Waals surface area contributed by atoms with Gasteiger partial charge in [0, 0.05) is 25.7 Å². The monoisotopic (exact) mass is 328 g/mol. The summed E-state index contributed by atoms with van der Waals surface area (Å²) in [5.74, 6) is -2.02. The lowest BCUT2D eigenvalue weighted by Gasteiger charge is -2.19. The Hall–Kier alpha value is -1.93. The van der Waals surface area contributed by atoms with E-state index in [4.69, 9.17) is 5.11 Å². The molecule has 1 rings (SSSR count). The van der Waals surface area contributed by atoms with Crippen molar-refractivity contribution >= 4 is 21.9 Å². The standard InChI is InChI=1S/C14H20N2O5S/c1-4-15-22(20,21)12-7-5-11(6-8-12)13(17)16(3)9-10(2)14(18)19/h5-8,10,15H,4,9H2,1-3H3,(H,18,19). The van der Waals surface area contributed by atoms with Crippen molar-refractivity contribution in [2.24, 2.45) is 5.92 Å². The molecule has 1 atom stereocenters. The van der Waals surface area contributed by atoms with Crippen LogP contribution in [0.3, 0.4) is 0 Å². The summed E-state index contributed by atoms with van der Waals surface area (Å²) >= 11 is 0. The molecule has 1 unspecified atom stereocenters. The van der Waals surface area contributed by atoms with Gasteiger partial charge in [0.05, 0.1) is 10.8 Å². The van der Waals surface area contributed by atoms with Crippen LogP contribution in [0.4, 0.5) is 0 Å². The van der Waals surface area contributed by atoms with Crippen molar-refractivity contribution in [1.29, 1.82) is 0 Å². The summed E-state index contributed by atoms with van der Waals surface area (Å²) in [4.78, 5) is 24.3. The van der Waals surface area contributed by atoms with Crippen LogP contribution in [0.2, 0.25) is 0 Å². The van der Waals surface area contributed by atoms with E-state index in [-0.39, 0.29) is 23.9 Å². The van der Waals surface area contributed by atoms with E-state index >= 15 is 0 Å². The number of sulfonamides is 1. The fourth-order valence-electron chi connectivity index (χ4n) is 1.84. The fourth-order valence-corrected chi connectivity index (χ4v) is 2.88. The summed E-state index contributed by atoms with van der Waals surface area (Å²) in [6.07, 6.45) is 0. The van der Waals surface area contributed by atoms with Crippen LogP contribution >= 0.6 is 0 Å². The quantitative estimate of drug-likeness (QED) is 0.770. The van der Waals surface area contributed by atoms with E-state index in [0.717, 1.165) is 0 Å². The second-order valence-electron chi connectivity index (χ2n) is 4.95. The van der Waals surface area contributed by atoms with Crippen molar-refractivity contribution in [3.63, 3.8) is 0 Å². The molecule has 0 heterocycles. The maximum atomic E-state index is 12.2. The molecule has 1 aromatic rings. The molecule has 1 amide bonds. The second kappa shape index (κ2) is 7.37.